The van der Waals surface area contributed by atoms with E-state index in [1.165, 1.54) is 0 Å². The van der Waals surface area contributed by atoms with E-state index in [-0.39, 0.29) is 24.7 Å². The van der Waals surface area contributed by atoms with Gasteiger partial charge in [-0.25, -0.2) is 4.79 Å². The lowest BCUT2D eigenvalue weighted by atomic mass is 9.86. The molecule has 122 valence electrons. The molecule has 1 aromatic rings. The number of hydrogen-bond donors (Lipinski definition) is 1. The maximum absolute atomic E-state index is 12.5. The Morgan fingerprint density at radius 1 is 1.32 bits per heavy atom. The maximum Gasteiger partial charge on any atom is 0.410 e. The second kappa shape index (κ2) is 7.14. The maximum atomic E-state index is 12.5. The highest BCUT2D eigenvalue weighted by atomic mass is 16.6. The number of piperidine rings is 1. The molecule has 1 heterocycles. The summed E-state index contributed by atoms with van der Waals surface area (Å²) < 4.78 is 5.54. The van der Waals surface area contributed by atoms with Gasteiger partial charge in [-0.3, -0.25) is 0 Å². The Morgan fingerprint density at radius 3 is 2.59 bits per heavy atom. The fraction of sp³-hybridized carbons (Fsp3) is 0.611. The van der Waals surface area contributed by atoms with Gasteiger partial charge in [0.2, 0.25) is 0 Å². The minimum atomic E-state index is -0.499. The molecule has 22 heavy (non-hydrogen) atoms. The third kappa shape index (κ3) is 4.23. The first kappa shape index (κ1) is 16.8. The third-order valence-electron chi connectivity index (χ3n) is 4.07. The van der Waals surface area contributed by atoms with Gasteiger partial charge < -0.3 is 14.7 Å². The van der Waals surface area contributed by atoms with Crippen molar-refractivity contribution in [3.63, 3.8) is 0 Å². The Labute approximate surface area is 133 Å². The van der Waals surface area contributed by atoms with E-state index in [0.717, 1.165) is 24.8 Å². The van der Waals surface area contributed by atoms with Crippen LogP contribution in [-0.4, -0.2) is 40.9 Å². The van der Waals surface area contributed by atoms with Gasteiger partial charge in [-0.05, 0) is 45.6 Å². The van der Waals surface area contributed by atoms with Gasteiger partial charge in [0.1, 0.15) is 5.60 Å². The first-order valence-corrected chi connectivity index (χ1v) is 8.08. The zero-order valence-electron chi connectivity index (χ0n) is 13.8. The van der Waals surface area contributed by atoms with Crippen LogP contribution in [0.25, 0.3) is 0 Å². The average Bonchev–Trinajstić information content (AvgIpc) is 2.48. The summed E-state index contributed by atoms with van der Waals surface area (Å²) in [7, 11) is 0. The van der Waals surface area contributed by atoms with Gasteiger partial charge in [0, 0.05) is 18.5 Å². The van der Waals surface area contributed by atoms with Crippen LogP contribution < -0.4 is 0 Å². The Kier molecular flexibility index (Phi) is 5.46. The molecule has 1 N–H and O–H groups in total. The molecular weight excluding hydrogens is 278 g/mol. The first-order valence-electron chi connectivity index (χ1n) is 8.08. The number of hydrogen-bond acceptors (Lipinski definition) is 3. The molecule has 0 bridgehead atoms. The molecule has 0 saturated carbocycles. The molecular formula is C18H27NO3. The molecule has 1 aliphatic rings. The standard InChI is InChI=1S/C18H27NO3/c1-18(2,3)22-17(21)19-12-8-7-11-16(19)15(13-20)14-9-5-4-6-10-14/h4-6,9-10,15-16,20H,7-8,11-13H2,1-3H3/t15-,16-/m1/s1. The fourth-order valence-electron chi connectivity index (χ4n) is 3.07. The van der Waals surface area contributed by atoms with E-state index in [1.54, 1.807) is 0 Å². The van der Waals surface area contributed by atoms with E-state index in [2.05, 4.69) is 0 Å². The summed E-state index contributed by atoms with van der Waals surface area (Å²) in [5, 5.41) is 9.89. The second-order valence-corrected chi connectivity index (χ2v) is 6.94. The van der Waals surface area contributed by atoms with Crippen molar-refractivity contribution in [2.45, 2.75) is 57.6 Å². The Bertz CT molecular complexity index is 481. The van der Waals surface area contributed by atoms with Gasteiger partial charge in [0.05, 0.1) is 6.61 Å². The van der Waals surface area contributed by atoms with Gasteiger partial charge >= 0.3 is 6.09 Å². The van der Waals surface area contributed by atoms with Gasteiger partial charge in [-0.2, -0.15) is 0 Å². The molecule has 1 saturated heterocycles. The largest absolute Gasteiger partial charge is 0.444 e. The number of aliphatic hydroxyl groups is 1. The molecule has 2 atom stereocenters. The molecule has 4 heteroatoms. The number of ether oxygens (including phenoxy) is 1. The van der Waals surface area contributed by atoms with E-state index in [1.807, 2.05) is 56.0 Å². The smallest absolute Gasteiger partial charge is 0.410 e. The van der Waals surface area contributed by atoms with Crippen molar-refractivity contribution in [3.05, 3.63) is 35.9 Å². The Balaban J connectivity index is 2.19. The topological polar surface area (TPSA) is 49.8 Å². The number of likely N-dealkylation sites (tertiary alicyclic amines) is 1. The third-order valence-corrected chi connectivity index (χ3v) is 4.07. The van der Waals surface area contributed by atoms with E-state index in [0.29, 0.717) is 6.54 Å². The zero-order chi connectivity index (χ0) is 16.2. The summed E-state index contributed by atoms with van der Waals surface area (Å²) in [6.45, 7) is 6.37. The van der Waals surface area contributed by atoms with Crippen LogP contribution in [0.5, 0.6) is 0 Å². The van der Waals surface area contributed by atoms with Gasteiger partial charge in [-0.1, -0.05) is 30.3 Å². The minimum absolute atomic E-state index is 0.00370. The van der Waals surface area contributed by atoms with Crippen molar-refractivity contribution in [2.24, 2.45) is 0 Å². The fourth-order valence-corrected chi connectivity index (χ4v) is 3.07. The van der Waals surface area contributed by atoms with Crippen LogP contribution >= 0.6 is 0 Å². The van der Waals surface area contributed by atoms with Gasteiger partial charge in [0.15, 0.2) is 0 Å². The summed E-state index contributed by atoms with van der Waals surface area (Å²) in [6.07, 6.45) is 2.70. The van der Waals surface area contributed by atoms with E-state index >= 15 is 0 Å². The molecule has 0 unspecified atom stereocenters. The lowest BCUT2D eigenvalue weighted by Crippen LogP contribution is -2.49. The first-order chi connectivity index (χ1) is 10.4. The van der Waals surface area contributed by atoms with Gasteiger partial charge in [0.25, 0.3) is 0 Å². The van der Waals surface area contributed by atoms with Crippen molar-refractivity contribution in [1.29, 1.82) is 0 Å². The quantitative estimate of drug-likeness (QED) is 0.929. The number of nitrogens with zero attached hydrogens (tertiary/aromatic N) is 1. The van der Waals surface area contributed by atoms with Crippen molar-refractivity contribution in [1.82, 2.24) is 4.90 Å². The van der Waals surface area contributed by atoms with Crippen LogP contribution in [0.3, 0.4) is 0 Å². The molecule has 2 rings (SSSR count). The van der Waals surface area contributed by atoms with Crippen LogP contribution in [0.2, 0.25) is 0 Å². The van der Waals surface area contributed by atoms with Crippen molar-refractivity contribution in [2.75, 3.05) is 13.2 Å². The second-order valence-electron chi connectivity index (χ2n) is 6.94. The molecule has 1 fully saturated rings. The number of carbonyl (C=O) groups is 1. The highest BCUT2D eigenvalue weighted by molar-refractivity contribution is 5.69. The summed E-state index contributed by atoms with van der Waals surface area (Å²) in [5.74, 6) is -0.0611. The highest BCUT2D eigenvalue weighted by Crippen LogP contribution is 2.31. The van der Waals surface area contributed by atoms with Crippen LogP contribution in [0.15, 0.2) is 30.3 Å². The summed E-state index contributed by atoms with van der Waals surface area (Å²) in [4.78, 5) is 14.3. The SMILES string of the molecule is CC(C)(C)OC(=O)N1CCCC[C@@H]1[C@H](CO)c1ccccc1. The van der Waals surface area contributed by atoms with E-state index < -0.39 is 5.60 Å². The monoisotopic (exact) mass is 305 g/mol. The minimum Gasteiger partial charge on any atom is -0.444 e. The number of carbonyl (C=O) groups excluding carboxylic acids is 1. The van der Waals surface area contributed by atoms with Crippen LogP contribution in [-0.2, 0) is 4.74 Å². The van der Waals surface area contributed by atoms with Crippen molar-refractivity contribution < 1.29 is 14.6 Å². The lowest BCUT2D eigenvalue weighted by molar-refractivity contribution is 0.00347. The number of aliphatic hydroxyl groups excluding tert-OH is 1. The highest BCUT2D eigenvalue weighted by Gasteiger charge is 2.35. The molecule has 0 aromatic heterocycles. The summed E-state index contributed by atoms with van der Waals surface area (Å²) >= 11 is 0. The number of benzene rings is 1. The van der Waals surface area contributed by atoms with E-state index in [4.69, 9.17) is 4.74 Å². The Morgan fingerprint density at radius 2 is 2.00 bits per heavy atom. The normalized spacial score (nSPS) is 20.5. The number of amides is 1. The van der Waals surface area contributed by atoms with E-state index in [9.17, 15) is 9.90 Å². The van der Waals surface area contributed by atoms with Crippen molar-refractivity contribution >= 4 is 6.09 Å². The molecule has 0 aliphatic carbocycles. The van der Waals surface area contributed by atoms with Crippen LogP contribution in [0.1, 0.15) is 51.5 Å². The molecule has 1 aliphatic heterocycles. The summed E-state index contributed by atoms with van der Waals surface area (Å²) in [6, 6.07) is 9.93. The molecule has 0 spiro atoms. The lowest BCUT2D eigenvalue weighted by Gasteiger charge is -2.40. The number of rotatable bonds is 3. The summed E-state index contributed by atoms with van der Waals surface area (Å²) in [5.41, 5.74) is 0.575. The van der Waals surface area contributed by atoms with Gasteiger partial charge in [-0.15, -0.1) is 0 Å². The van der Waals surface area contributed by atoms with Crippen LogP contribution in [0, 0.1) is 0 Å². The molecule has 1 amide bonds. The zero-order valence-corrected chi connectivity index (χ0v) is 13.8. The van der Waals surface area contributed by atoms with Crippen LogP contribution in [0.4, 0.5) is 4.79 Å². The molecule has 0 radical (unpaired) electrons. The predicted molar refractivity (Wildman–Crippen MR) is 86.8 cm³/mol. The Hall–Kier alpha value is -1.55. The molecule has 4 nitrogen and oxygen atoms in total. The van der Waals surface area contributed by atoms with Crippen molar-refractivity contribution in [3.8, 4) is 0 Å². The predicted octanol–water partition coefficient (Wildman–Crippen LogP) is 3.55. The molecule has 1 aromatic carbocycles. The average molecular weight is 305 g/mol.